The minimum Gasteiger partial charge on any atom is -0.455 e. The average molecular weight is 714 g/mol. The van der Waals surface area contributed by atoms with Gasteiger partial charge in [-0.15, -0.1) is 0 Å². The number of para-hydroxylation sites is 1. The highest BCUT2D eigenvalue weighted by atomic mass is 16.3. The van der Waals surface area contributed by atoms with Gasteiger partial charge in [0.15, 0.2) is 0 Å². The molecule has 0 fully saturated rings. The Bertz CT molecular complexity index is 3230. The molecule has 0 atom stereocenters. The number of hydrogen-bond acceptors (Lipinski definition) is 2. The summed E-state index contributed by atoms with van der Waals surface area (Å²) in [5.74, 6) is 0. The molecule has 0 aliphatic rings. The molecule has 1 aromatic heterocycles. The maximum Gasteiger partial charge on any atom is 0.143 e. The smallest absolute Gasteiger partial charge is 0.143 e. The number of nitrogens with zero attached hydrogens (tertiary/aromatic N) is 1. The number of fused-ring (bicyclic) bond motifs is 7. The molecule has 2 nitrogen and oxygen atoms in total. The fraction of sp³-hybridized carbons (Fsp3) is 0. The van der Waals surface area contributed by atoms with Crippen molar-refractivity contribution in [3.05, 3.63) is 212 Å². The lowest BCUT2D eigenvalue weighted by atomic mass is 9.89. The van der Waals surface area contributed by atoms with Crippen LogP contribution in [0.5, 0.6) is 0 Å². The Labute approximate surface area is 325 Å². The number of rotatable bonds is 6. The third-order valence-corrected chi connectivity index (χ3v) is 11.2. The zero-order chi connectivity index (χ0) is 37.0. The van der Waals surface area contributed by atoms with E-state index in [1.54, 1.807) is 0 Å². The summed E-state index contributed by atoms with van der Waals surface area (Å²) in [5, 5.41) is 9.42. The molecule has 0 N–H and O–H groups in total. The third-order valence-electron chi connectivity index (χ3n) is 11.2. The van der Waals surface area contributed by atoms with Gasteiger partial charge >= 0.3 is 0 Å². The Morgan fingerprint density at radius 1 is 0.339 bits per heavy atom. The van der Waals surface area contributed by atoms with Gasteiger partial charge in [-0.05, 0) is 97.0 Å². The molecule has 0 aliphatic heterocycles. The van der Waals surface area contributed by atoms with Crippen LogP contribution >= 0.6 is 0 Å². The van der Waals surface area contributed by atoms with Crippen molar-refractivity contribution in [2.24, 2.45) is 0 Å². The van der Waals surface area contributed by atoms with Crippen LogP contribution in [-0.4, -0.2) is 0 Å². The molecular formula is C54H35NO. The van der Waals surface area contributed by atoms with Crippen LogP contribution in [0.2, 0.25) is 0 Å². The molecule has 0 radical (unpaired) electrons. The minimum atomic E-state index is 0.849. The molecule has 10 aromatic carbocycles. The summed E-state index contributed by atoms with van der Waals surface area (Å²) in [6, 6.07) is 76.3. The Kier molecular flexibility index (Phi) is 7.53. The van der Waals surface area contributed by atoms with Crippen LogP contribution in [0.3, 0.4) is 0 Å². The molecular weight excluding hydrogens is 679 g/mol. The first kappa shape index (κ1) is 32.0. The van der Waals surface area contributed by atoms with E-state index >= 15 is 0 Å². The molecule has 11 rings (SSSR count). The molecule has 0 amide bonds. The van der Waals surface area contributed by atoms with Crippen molar-refractivity contribution in [1.82, 2.24) is 0 Å². The fourth-order valence-electron chi connectivity index (χ4n) is 8.69. The number of hydrogen-bond donors (Lipinski definition) is 0. The van der Waals surface area contributed by atoms with Gasteiger partial charge in [-0.1, -0.05) is 170 Å². The zero-order valence-corrected chi connectivity index (χ0v) is 30.6. The quantitative estimate of drug-likeness (QED) is 0.160. The standard InChI is InChI=1S/C54H35NO/c1-3-16-36(17-4-1)37-30-32-41(33-31-37)55(49-27-14-13-23-43(49)38-18-5-2-6-19-38)50-28-15-29-51-53(50)48-35-40-21-8-10-24-44(40)52(54(48)56-51)47-34-39-20-7-9-22-42(39)45-25-11-12-26-46(45)47/h1-35H. The molecule has 0 spiro atoms. The third kappa shape index (κ3) is 5.19. The summed E-state index contributed by atoms with van der Waals surface area (Å²) in [6.45, 7) is 0. The first-order valence-electron chi connectivity index (χ1n) is 19.2. The van der Waals surface area contributed by atoms with Crippen LogP contribution in [0.4, 0.5) is 17.1 Å². The van der Waals surface area contributed by atoms with Gasteiger partial charge in [-0.2, -0.15) is 0 Å². The number of furan rings is 1. The highest BCUT2D eigenvalue weighted by Gasteiger charge is 2.25. The fourth-order valence-corrected chi connectivity index (χ4v) is 8.69. The Morgan fingerprint density at radius 3 is 1.68 bits per heavy atom. The molecule has 56 heavy (non-hydrogen) atoms. The van der Waals surface area contributed by atoms with Crippen LogP contribution in [0, 0.1) is 0 Å². The topological polar surface area (TPSA) is 16.4 Å². The van der Waals surface area contributed by atoms with Crippen molar-refractivity contribution in [2.45, 2.75) is 0 Å². The first-order chi connectivity index (χ1) is 27.8. The van der Waals surface area contributed by atoms with E-state index in [4.69, 9.17) is 4.42 Å². The van der Waals surface area contributed by atoms with Gasteiger partial charge < -0.3 is 9.32 Å². The Morgan fingerprint density at radius 2 is 0.911 bits per heavy atom. The second-order valence-corrected chi connectivity index (χ2v) is 14.4. The van der Waals surface area contributed by atoms with E-state index in [9.17, 15) is 0 Å². The largest absolute Gasteiger partial charge is 0.455 e. The van der Waals surface area contributed by atoms with E-state index in [1.165, 1.54) is 49.0 Å². The molecule has 0 aliphatic carbocycles. The van der Waals surface area contributed by atoms with Crippen molar-refractivity contribution < 1.29 is 4.42 Å². The molecule has 0 bridgehead atoms. The highest BCUT2D eigenvalue weighted by Crippen LogP contribution is 2.50. The van der Waals surface area contributed by atoms with Crippen molar-refractivity contribution in [1.29, 1.82) is 0 Å². The van der Waals surface area contributed by atoms with Crippen LogP contribution in [0.25, 0.3) is 87.6 Å². The van der Waals surface area contributed by atoms with Crippen LogP contribution < -0.4 is 4.90 Å². The normalized spacial score (nSPS) is 11.6. The van der Waals surface area contributed by atoms with Crippen molar-refractivity contribution in [3.63, 3.8) is 0 Å². The van der Waals surface area contributed by atoms with Gasteiger partial charge in [-0.3, -0.25) is 0 Å². The molecule has 1 heterocycles. The van der Waals surface area contributed by atoms with E-state index in [2.05, 4.69) is 217 Å². The lowest BCUT2D eigenvalue weighted by Gasteiger charge is -2.28. The van der Waals surface area contributed by atoms with Gasteiger partial charge in [0.1, 0.15) is 11.2 Å². The van der Waals surface area contributed by atoms with Gasteiger partial charge in [-0.25, -0.2) is 0 Å². The summed E-state index contributed by atoms with van der Waals surface area (Å²) < 4.78 is 7.13. The average Bonchev–Trinajstić information content (AvgIpc) is 3.65. The second-order valence-electron chi connectivity index (χ2n) is 14.4. The van der Waals surface area contributed by atoms with E-state index in [-0.39, 0.29) is 0 Å². The van der Waals surface area contributed by atoms with E-state index in [1.807, 2.05) is 0 Å². The molecule has 262 valence electrons. The van der Waals surface area contributed by atoms with Gasteiger partial charge in [0.25, 0.3) is 0 Å². The maximum absolute atomic E-state index is 7.13. The number of benzene rings is 10. The molecule has 0 unspecified atom stereocenters. The van der Waals surface area contributed by atoms with Gasteiger partial charge in [0, 0.05) is 22.2 Å². The van der Waals surface area contributed by atoms with Crippen molar-refractivity contribution in [3.8, 4) is 33.4 Å². The van der Waals surface area contributed by atoms with Crippen molar-refractivity contribution >= 4 is 71.3 Å². The molecule has 0 saturated heterocycles. The maximum atomic E-state index is 7.13. The summed E-state index contributed by atoms with van der Waals surface area (Å²) in [5.41, 5.74) is 11.9. The van der Waals surface area contributed by atoms with Gasteiger partial charge in [0.05, 0.1) is 16.8 Å². The predicted molar refractivity (Wildman–Crippen MR) is 237 cm³/mol. The van der Waals surface area contributed by atoms with Gasteiger partial charge in [0.2, 0.25) is 0 Å². The van der Waals surface area contributed by atoms with E-state index in [0.717, 1.165) is 55.7 Å². The zero-order valence-electron chi connectivity index (χ0n) is 30.6. The summed E-state index contributed by atoms with van der Waals surface area (Å²) in [6.07, 6.45) is 0. The summed E-state index contributed by atoms with van der Waals surface area (Å²) in [7, 11) is 0. The van der Waals surface area contributed by atoms with Crippen LogP contribution in [-0.2, 0) is 0 Å². The second kappa shape index (κ2) is 13.2. The molecule has 11 aromatic rings. The Balaban J connectivity index is 1.22. The van der Waals surface area contributed by atoms with E-state index < -0.39 is 0 Å². The lowest BCUT2D eigenvalue weighted by Crippen LogP contribution is -2.11. The molecule has 2 heteroatoms. The lowest BCUT2D eigenvalue weighted by molar-refractivity contribution is 0.670. The SMILES string of the molecule is c1ccc(-c2ccc(N(c3ccccc3-c3ccccc3)c3cccc4oc5c(-c6cc7ccccc7c7ccccc67)c6ccccc6cc5c34)cc2)cc1. The Hall–Kier alpha value is -7.42. The molecule has 0 saturated carbocycles. The predicted octanol–water partition coefficient (Wildman–Crippen LogP) is 15.5. The van der Waals surface area contributed by atoms with E-state index in [0.29, 0.717) is 0 Å². The minimum absolute atomic E-state index is 0.849. The van der Waals surface area contributed by atoms with Crippen LogP contribution in [0.15, 0.2) is 217 Å². The summed E-state index contributed by atoms with van der Waals surface area (Å²) >= 11 is 0. The monoisotopic (exact) mass is 713 g/mol. The summed E-state index contributed by atoms with van der Waals surface area (Å²) in [4.78, 5) is 2.41. The van der Waals surface area contributed by atoms with Crippen LogP contribution in [0.1, 0.15) is 0 Å². The van der Waals surface area contributed by atoms with Crippen molar-refractivity contribution in [2.75, 3.05) is 4.90 Å². The highest BCUT2D eigenvalue weighted by molar-refractivity contribution is 6.25. The first-order valence-corrected chi connectivity index (χ1v) is 19.2. The number of anilines is 3.